The van der Waals surface area contributed by atoms with Gasteiger partial charge in [0.2, 0.25) is 0 Å². The molecule has 5 heteroatoms. The van der Waals surface area contributed by atoms with E-state index in [9.17, 15) is 4.79 Å². The van der Waals surface area contributed by atoms with Gasteiger partial charge in [-0.25, -0.2) is 4.79 Å². The zero-order valence-electron chi connectivity index (χ0n) is 10.2. The van der Waals surface area contributed by atoms with Crippen LogP contribution in [-0.4, -0.2) is 11.1 Å². The summed E-state index contributed by atoms with van der Waals surface area (Å²) in [4.78, 5) is 10.5. The smallest absolute Gasteiger partial charge is 0.328 e. The monoisotopic (exact) mass is 308 g/mol. The molecular weight excluding hydrogens is 299 g/mol. The first-order chi connectivity index (χ1) is 9.54. The number of benzene rings is 2. The van der Waals surface area contributed by atoms with E-state index in [1.54, 1.807) is 42.5 Å². The number of ether oxygens (including phenoxy) is 1. The highest BCUT2D eigenvalue weighted by molar-refractivity contribution is 6.34. The molecule has 0 fully saturated rings. The number of rotatable bonds is 4. The lowest BCUT2D eigenvalue weighted by atomic mass is 10.2. The summed E-state index contributed by atoms with van der Waals surface area (Å²) < 4.78 is 5.64. The lowest BCUT2D eigenvalue weighted by Crippen LogP contribution is -1.87. The molecule has 0 bridgehead atoms. The van der Waals surface area contributed by atoms with Crippen LogP contribution in [0.5, 0.6) is 11.5 Å². The van der Waals surface area contributed by atoms with Crippen molar-refractivity contribution < 1.29 is 14.6 Å². The van der Waals surface area contributed by atoms with E-state index in [0.29, 0.717) is 27.1 Å². The largest absolute Gasteiger partial charge is 0.478 e. The van der Waals surface area contributed by atoms with E-state index >= 15 is 0 Å². The van der Waals surface area contributed by atoms with Crippen molar-refractivity contribution in [3.8, 4) is 11.5 Å². The lowest BCUT2D eigenvalue weighted by molar-refractivity contribution is -0.131. The number of carboxylic acid groups (broad SMARTS) is 1. The molecule has 2 rings (SSSR count). The van der Waals surface area contributed by atoms with Crippen molar-refractivity contribution in [2.45, 2.75) is 0 Å². The summed E-state index contributed by atoms with van der Waals surface area (Å²) in [5.41, 5.74) is 0.711. The molecule has 0 aliphatic heterocycles. The minimum atomic E-state index is -1.01. The highest BCUT2D eigenvalue weighted by atomic mass is 35.5. The first-order valence-electron chi connectivity index (χ1n) is 5.68. The molecule has 0 unspecified atom stereocenters. The van der Waals surface area contributed by atoms with E-state index in [-0.39, 0.29) is 0 Å². The van der Waals surface area contributed by atoms with Crippen LogP contribution in [0.3, 0.4) is 0 Å². The predicted octanol–water partition coefficient (Wildman–Crippen LogP) is 4.88. The molecule has 0 atom stereocenters. The molecule has 0 spiro atoms. The Morgan fingerprint density at radius 1 is 1.15 bits per heavy atom. The van der Waals surface area contributed by atoms with Crippen molar-refractivity contribution in [1.82, 2.24) is 0 Å². The van der Waals surface area contributed by atoms with Crippen LogP contribution in [0.25, 0.3) is 6.08 Å². The van der Waals surface area contributed by atoms with Crippen LogP contribution in [0.4, 0.5) is 0 Å². The molecule has 102 valence electrons. The van der Waals surface area contributed by atoms with E-state index in [0.717, 1.165) is 6.08 Å². The van der Waals surface area contributed by atoms with Crippen molar-refractivity contribution in [3.05, 3.63) is 64.1 Å². The zero-order valence-corrected chi connectivity index (χ0v) is 11.7. The van der Waals surface area contributed by atoms with Gasteiger partial charge in [-0.2, -0.15) is 0 Å². The Morgan fingerprint density at radius 2 is 1.95 bits per heavy atom. The SMILES string of the molecule is O=C(O)C=Cc1cccc(Oc2cc(Cl)ccc2Cl)c1. The fourth-order valence-corrected chi connectivity index (χ4v) is 1.85. The number of hydrogen-bond donors (Lipinski definition) is 1. The van der Waals surface area contributed by atoms with Gasteiger partial charge in [0.15, 0.2) is 0 Å². The normalized spacial score (nSPS) is 10.7. The maximum atomic E-state index is 10.5. The van der Waals surface area contributed by atoms with Gasteiger partial charge in [0.05, 0.1) is 5.02 Å². The van der Waals surface area contributed by atoms with Crippen molar-refractivity contribution in [2.24, 2.45) is 0 Å². The van der Waals surface area contributed by atoms with Crippen LogP contribution < -0.4 is 4.74 Å². The molecule has 0 radical (unpaired) electrons. The maximum absolute atomic E-state index is 10.5. The average Bonchev–Trinajstić information content (AvgIpc) is 2.41. The van der Waals surface area contributed by atoms with Crippen LogP contribution in [0.15, 0.2) is 48.5 Å². The second-order valence-corrected chi connectivity index (χ2v) is 4.76. The van der Waals surface area contributed by atoms with Crippen LogP contribution in [0.1, 0.15) is 5.56 Å². The molecule has 0 saturated heterocycles. The van der Waals surface area contributed by atoms with E-state index in [4.69, 9.17) is 33.0 Å². The summed E-state index contributed by atoms with van der Waals surface area (Å²) in [6.45, 7) is 0. The fourth-order valence-electron chi connectivity index (χ4n) is 1.53. The molecule has 0 amide bonds. The minimum absolute atomic E-state index is 0.443. The highest BCUT2D eigenvalue weighted by Crippen LogP contribution is 2.32. The third-order valence-corrected chi connectivity index (χ3v) is 2.94. The number of hydrogen-bond acceptors (Lipinski definition) is 2. The fraction of sp³-hybridized carbons (Fsp3) is 0. The molecule has 2 aromatic rings. The summed E-state index contributed by atoms with van der Waals surface area (Å²) in [6.07, 6.45) is 2.54. The van der Waals surface area contributed by atoms with E-state index in [1.807, 2.05) is 0 Å². The highest BCUT2D eigenvalue weighted by Gasteiger charge is 2.04. The summed E-state index contributed by atoms with van der Waals surface area (Å²) >= 11 is 11.9. The summed E-state index contributed by atoms with van der Waals surface area (Å²) in [7, 11) is 0. The molecular formula is C15H10Cl2O3. The number of halogens is 2. The summed E-state index contributed by atoms with van der Waals surface area (Å²) in [6, 6.07) is 11.9. The van der Waals surface area contributed by atoms with Crippen molar-refractivity contribution in [3.63, 3.8) is 0 Å². The Kier molecular flexibility index (Phi) is 4.66. The molecule has 0 aliphatic carbocycles. The van der Waals surface area contributed by atoms with Gasteiger partial charge in [0.1, 0.15) is 11.5 Å². The van der Waals surface area contributed by atoms with E-state index in [2.05, 4.69) is 0 Å². The number of aliphatic carboxylic acids is 1. The minimum Gasteiger partial charge on any atom is -0.478 e. The second kappa shape index (κ2) is 6.46. The molecule has 1 N–H and O–H groups in total. The van der Waals surface area contributed by atoms with Crippen molar-refractivity contribution in [1.29, 1.82) is 0 Å². The Labute approximate surface area is 126 Å². The maximum Gasteiger partial charge on any atom is 0.328 e. The lowest BCUT2D eigenvalue weighted by Gasteiger charge is -2.08. The van der Waals surface area contributed by atoms with Crippen LogP contribution >= 0.6 is 23.2 Å². The molecule has 0 heterocycles. The molecule has 2 aromatic carbocycles. The van der Waals surface area contributed by atoms with Crippen molar-refractivity contribution >= 4 is 35.2 Å². The number of carboxylic acids is 1. The van der Waals surface area contributed by atoms with Gasteiger partial charge in [-0.05, 0) is 35.9 Å². The van der Waals surface area contributed by atoms with Crippen LogP contribution in [0, 0.1) is 0 Å². The Bertz CT molecular complexity index is 666. The Morgan fingerprint density at radius 3 is 2.70 bits per heavy atom. The third kappa shape index (κ3) is 4.02. The Hall–Kier alpha value is -1.97. The average molecular weight is 309 g/mol. The molecule has 3 nitrogen and oxygen atoms in total. The second-order valence-electron chi connectivity index (χ2n) is 3.92. The van der Waals surface area contributed by atoms with Crippen LogP contribution in [0.2, 0.25) is 10.0 Å². The summed E-state index contributed by atoms with van der Waals surface area (Å²) in [5, 5.41) is 9.56. The predicted molar refractivity (Wildman–Crippen MR) is 79.6 cm³/mol. The summed E-state index contributed by atoms with van der Waals surface area (Å²) in [5.74, 6) is -0.0190. The van der Waals surface area contributed by atoms with Gasteiger partial charge in [0, 0.05) is 17.2 Å². The topological polar surface area (TPSA) is 46.5 Å². The van der Waals surface area contributed by atoms with E-state index in [1.165, 1.54) is 6.08 Å². The quantitative estimate of drug-likeness (QED) is 0.818. The Balaban J connectivity index is 2.23. The van der Waals surface area contributed by atoms with Gasteiger partial charge < -0.3 is 9.84 Å². The van der Waals surface area contributed by atoms with Gasteiger partial charge >= 0.3 is 5.97 Å². The molecule has 0 aromatic heterocycles. The third-order valence-electron chi connectivity index (χ3n) is 2.40. The van der Waals surface area contributed by atoms with Crippen LogP contribution in [-0.2, 0) is 4.79 Å². The number of carbonyl (C=O) groups is 1. The standard InChI is InChI=1S/C15H10Cl2O3/c16-11-5-6-13(17)14(9-11)20-12-3-1-2-10(8-12)4-7-15(18)19/h1-9H,(H,18,19). The van der Waals surface area contributed by atoms with E-state index < -0.39 is 5.97 Å². The first kappa shape index (κ1) is 14.4. The molecule has 0 saturated carbocycles. The zero-order chi connectivity index (χ0) is 14.5. The first-order valence-corrected chi connectivity index (χ1v) is 6.44. The molecule has 20 heavy (non-hydrogen) atoms. The van der Waals surface area contributed by atoms with Gasteiger partial charge in [-0.3, -0.25) is 0 Å². The van der Waals surface area contributed by atoms with Gasteiger partial charge in [0.25, 0.3) is 0 Å². The van der Waals surface area contributed by atoms with Gasteiger partial charge in [-0.1, -0.05) is 35.3 Å². The molecule has 0 aliphatic rings. The van der Waals surface area contributed by atoms with Gasteiger partial charge in [-0.15, -0.1) is 0 Å². The van der Waals surface area contributed by atoms with Crippen molar-refractivity contribution in [2.75, 3.05) is 0 Å².